The maximum absolute atomic E-state index is 11.8. The maximum Gasteiger partial charge on any atom is 0.263 e. The number of unbranched alkanes of at least 4 members (excludes halogenated alkanes) is 2. The molecule has 0 aliphatic heterocycles. The van der Waals surface area contributed by atoms with Crippen LogP contribution < -0.4 is 5.32 Å². The fourth-order valence-corrected chi connectivity index (χ4v) is 1.62. The lowest BCUT2D eigenvalue weighted by atomic mass is 10.2. The van der Waals surface area contributed by atoms with Crippen LogP contribution in [0.3, 0.4) is 0 Å². The Bertz CT molecular complexity index is 321. The van der Waals surface area contributed by atoms with E-state index in [1.54, 1.807) is 6.20 Å². The molecule has 0 aliphatic rings. The molecule has 0 spiro atoms. The van der Waals surface area contributed by atoms with Crippen LogP contribution >= 0.6 is 0 Å². The lowest BCUT2D eigenvalue weighted by Gasteiger charge is -2.20. The zero-order valence-electron chi connectivity index (χ0n) is 12.7. The molecule has 0 aliphatic carbocycles. The minimum Gasteiger partial charge on any atom is -0.376 e. The van der Waals surface area contributed by atoms with Gasteiger partial charge in [-0.3, -0.25) is 4.79 Å². The van der Waals surface area contributed by atoms with Gasteiger partial charge in [-0.25, -0.2) is 0 Å². The standard InChI is InChI=1S/C15H27N3O/c1-5-7-9-18(10-8-6-2)12-14(11-16)15(19)17-13(3)4/h12-13H,5-10H2,1-4H3,(H,17,19)/b14-12-. The molecule has 0 bridgehead atoms. The van der Waals surface area contributed by atoms with Gasteiger partial charge in [-0.2, -0.15) is 5.26 Å². The Balaban J connectivity index is 4.72. The summed E-state index contributed by atoms with van der Waals surface area (Å²) in [7, 11) is 0. The zero-order chi connectivity index (χ0) is 14.7. The van der Waals surface area contributed by atoms with Crippen molar-refractivity contribution in [2.45, 2.75) is 59.4 Å². The lowest BCUT2D eigenvalue weighted by Crippen LogP contribution is -2.32. The first-order valence-corrected chi connectivity index (χ1v) is 7.21. The Morgan fingerprint density at radius 3 is 2.16 bits per heavy atom. The second-order valence-electron chi connectivity index (χ2n) is 5.03. The van der Waals surface area contributed by atoms with E-state index >= 15 is 0 Å². The van der Waals surface area contributed by atoms with Crippen molar-refractivity contribution in [3.05, 3.63) is 11.8 Å². The molecule has 0 radical (unpaired) electrons. The molecule has 0 atom stereocenters. The predicted octanol–water partition coefficient (Wildman–Crippen LogP) is 2.82. The first-order valence-electron chi connectivity index (χ1n) is 7.21. The highest BCUT2D eigenvalue weighted by Crippen LogP contribution is 2.04. The Kier molecular flexibility index (Phi) is 9.60. The predicted molar refractivity (Wildman–Crippen MR) is 78.4 cm³/mol. The Hall–Kier alpha value is -1.50. The van der Waals surface area contributed by atoms with Crippen molar-refractivity contribution in [2.24, 2.45) is 0 Å². The number of carbonyl (C=O) groups is 1. The quantitative estimate of drug-likeness (QED) is 0.515. The zero-order valence-corrected chi connectivity index (χ0v) is 12.7. The van der Waals surface area contributed by atoms with Gasteiger partial charge in [0.25, 0.3) is 5.91 Å². The number of rotatable bonds is 9. The molecule has 0 saturated heterocycles. The van der Waals surface area contributed by atoms with Crippen LogP contribution in [-0.4, -0.2) is 29.9 Å². The van der Waals surface area contributed by atoms with Crippen LogP contribution in [0.1, 0.15) is 53.4 Å². The number of amides is 1. The lowest BCUT2D eigenvalue weighted by molar-refractivity contribution is -0.117. The van der Waals surface area contributed by atoms with Gasteiger partial charge >= 0.3 is 0 Å². The largest absolute Gasteiger partial charge is 0.376 e. The van der Waals surface area contributed by atoms with Gasteiger partial charge in [0.2, 0.25) is 0 Å². The minimum absolute atomic E-state index is 0.0454. The van der Waals surface area contributed by atoms with E-state index in [0.29, 0.717) is 0 Å². The van der Waals surface area contributed by atoms with Crippen molar-refractivity contribution in [2.75, 3.05) is 13.1 Å². The van der Waals surface area contributed by atoms with Crippen molar-refractivity contribution in [1.82, 2.24) is 10.2 Å². The molecule has 0 aromatic carbocycles. The Labute approximate surface area is 117 Å². The van der Waals surface area contributed by atoms with Crippen molar-refractivity contribution in [1.29, 1.82) is 5.26 Å². The summed E-state index contributed by atoms with van der Waals surface area (Å²) in [5, 5.41) is 11.9. The van der Waals surface area contributed by atoms with Crippen LogP contribution in [-0.2, 0) is 4.79 Å². The van der Waals surface area contributed by atoms with Crippen LogP contribution in [0.4, 0.5) is 0 Å². The molecular weight excluding hydrogens is 238 g/mol. The molecule has 0 heterocycles. The highest BCUT2D eigenvalue weighted by atomic mass is 16.1. The summed E-state index contributed by atoms with van der Waals surface area (Å²) in [5.41, 5.74) is 0.195. The van der Waals surface area contributed by atoms with Gasteiger partial charge in [0.1, 0.15) is 11.6 Å². The highest BCUT2D eigenvalue weighted by Gasteiger charge is 2.11. The van der Waals surface area contributed by atoms with Crippen molar-refractivity contribution < 1.29 is 4.79 Å². The first kappa shape index (κ1) is 17.5. The molecule has 108 valence electrons. The third-order valence-electron chi connectivity index (χ3n) is 2.69. The van der Waals surface area contributed by atoms with Gasteiger partial charge in [-0.1, -0.05) is 26.7 Å². The van der Waals surface area contributed by atoms with Gasteiger partial charge in [0.05, 0.1) is 0 Å². The van der Waals surface area contributed by atoms with Crippen molar-refractivity contribution in [3.63, 3.8) is 0 Å². The van der Waals surface area contributed by atoms with Gasteiger partial charge in [-0.05, 0) is 26.7 Å². The van der Waals surface area contributed by atoms with Crippen LogP contribution in [0.25, 0.3) is 0 Å². The molecule has 0 saturated carbocycles. The van der Waals surface area contributed by atoms with E-state index in [1.807, 2.05) is 19.9 Å². The normalized spacial score (nSPS) is 11.3. The molecule has 0 aromatic heterocycles. The molecular formula is C15H27N3O. The molecule has 4 heteroatoms. The van der Waals surface area contributed by atoms with Crippen molar-refractivity contribution >= 4 is 5.91 Å². The van der Waals surface area contributed by atoms with E-state index in [4.69, 9.17) is 5.26 Å². The molecule has 0 aromatic rings. The van der Waals surface area contributed by atoms with Gasteiger partial charge in [-0.15, -0.1) is 0 Å². The molecule has 0 fully saturated rings. The fourth-order valence-electron chi connectivity index (χ4n) is 1.62. The van der Waals surface area contributed by atoms with Crippen LogP contribution in [0.15, 0.2) is 11.8 Å². The summed E-state index contributed by atoms with van der Waals surface area (Å²) in [4.78, 5) is 13.9. The van der Waals surface area contributed by atoms with E-state index < -0.39 is 0 Å². The monoisotopic (exact) mass is 265 g/mol. The summed E-state index contributed by atoms with van der Waals surface area (Å²) in [5.74, 6) is -0.282. The summed E-state index contributed by atoms with van der Waals surface area (Å²) in [6.45, 7) is 9.85. The summed E-state index contributed by atoms with van der Waals surface area (Å²) in [6, 6.07) is 2.04. The van der Waals surface area contributed by atoms with E-state index in [0.717, 1.165) is 38.8 Å². The van der Waals surface area contributed by atoms with Gasteiger partial charge in [0, 0.05) is 25.3 Å². The summed E-state index contributed by atoms with van der Waals surface area (Å²) < 4.78 is 0. The Morgan fingerprint density at radius 2 is 1.79 bits per heavy atom. The van der Waals surface area contributed by atoms with E-state index in [9.17, 15) is 4.79 Å². The topological polar surface area (TPSA) is 56.1 Å². The number of nitrogens with zero attached hydrogens (tertiary/aromatic N) is 2. The minimum atomic E-state index is -0.282. The van der Waals surface area contributed by atoms with Crippen LogP contribution in [0, 0.1) is 11.3 Å². The van der Waals surface area contributed by atoms with Gasteiger partial charge < -0.3 is 10.2 Å². The maximum atomic E-state index is 11.8. The average molecular weight is 265 g/mol. The molecule has 19 heavy (non-hydrogen) atoms. The van der Waals surface area contributed by atoms with E-state index in [2.05, 4.69) is 24.1 Å². The Morgan fingerprint density at radius 1 is 1.26 bits per heavy atom. The number of hydrogen-bond acceptors (Lipinski definition) is 3. The molecule has 1 N–H and O–H groups in total. The second-order valence-corrected chi connectivity index (χ2v) is 5.03. The third kappa shape index (κ3) is 8.25. The number of hydrogen-bond donors (Lipinski definition) is 1. The number of carbonyl (C=O) groups excluding carboxylic acids is 1. The van der Waals surface area contributed by atoms with E-state index in [-0.39, 0.29) is 17.5 Å². The van der Waals surface area contributed by atoms with Crippen molar-refractivity contribution in [3.8, 4) is 6.07 Å². The summed E-state index contributed by atoms with van der Waals surface area (Å²) in [6.07, 6.45) is 6.07. The first-order chi connectivity index (χ1) is 9.04. The number of nitriles is 1. The molecule has 0 unspecified atom stereocenters. The van der Waals surface area contributed by atoms with Crippen LogP contribution in [0.2, 0.25) is 0 Å². The smallest absolute Gasteiger partial charge is 0.263 e. The SMILES string of the molecule is CCCCN(/C=C(/C#N)C(=O)NC(C)C)CCCC. The third-order valence-corrected chi connectivity index (χ3v) is 2.69. The summed E-state index contributed by atoms with van der Waals surface area (Å²) >= 11 is 0. The molecule has 4 nitrogen and oxygen atoms in total. The fraction of sp³-hybridized carbons (Fsp3) is 0.733. The number of nitrogens with one attached hydrogen (secondary N) is 1. The molecule has 1 amide bonds. The second kappa shape index (κ2) is 10.4. The van der Waals surface area contributed by atoms with Gasteiger partial charge in [0.15, 0.2) is 0 Å². The van der Waals surface area contributed by atoms with Crippen LogP contribution in [0.5, 0.6) is 0 Å². The molecule has 0 rings (SSSR count). The van der Waals surface area contributed by atoms with E-state index in [1.165, 1.54) is 0 Å². The average Bonchev–Trinajstić information content (AvgIpc) is 2.37. The highest BCUT2D eigenvalue weighted by molar-refractivity contribution is 5.97.